The molecular formula is C10H20N2O2. The van der Waals surface area contributed by atoms with E-state index in [2.05, 4.69) is 4.90 Å². The van der Waals surface area contributed by atoms with Gasteiger partial charge in [-0.2, -0.15) is 0 Å². The van der Waals surface area contributed by atoms with E-state index in [9.17, 15) is 9.59 Å². The number of likely N-dealkylation sites (N-methyl/N-ethyl adjacent to an activating group) is 1. The summed E-state index contributed by atoms with van der Waals surface area (Å²) in [6.45, 7) is 8.22. The molecular weight excluding hydrogens is 180 g/mol. The van der Waals surface area contributed by atoms with Crippen LogP contribution < -0.4 is 0 Å². The fraction of sp³-hybridized carbons (Fsp3) is 0.800. The summed E-state index contributed by atoms with van der Waals surface area (Å²) < 4.78 is 0. The molecule has 0 aromatic heterocycles. The van der Waals surface area contributed by atoms with E-state index in [1.54, 1.807) is 4.90 Å². The lowest BCUT2D eigenvalue weighted by molar-refractivity contribution is -0.140. The second-order valence-electron chi connectivity index (χ2n) is 3.23. The first kappa shape index (κ1) is 13.1. The topological polar surface area (TPSA) is 40.6 Å². The number of carbonyl (C=O) groups is 2. The van der Waals surface area contributed by atoms with Crippen LogP contribution in [0.1, 0.15) is 20.8 Å². The Balaban J connectivity index is 0.000000791. The van der Waals surface area contributed by atoms with Crippen LogP contribution in [-0.2, 0) is 9.59 Å². The first-order valence-electron chi connectivity index (χ1n) is 5.09. The lowest BCUT2D eigenvalue weighted by atomic mass is 10.2. The molecule has 1 rings (SSSR count). The van der Waals surface area contributed by atoms with Crippen LogP contribution in [0.5, 0.6) is 0 Å². The van der Waals surface area contributed by atoms with E-state index in [0.29, 0.717) is 25.4 Å². The molecule has 82 valence electrons. The third kappa shape index (κ3) is 3.46. The molecule has 0 saturated carbocycles. The van der Waals surface area contributed by atoms with Gasteiger partial charge < -0.3 is 9.80 Å². The molecule has 1 saturated heterocycles. The van der Waals surface area contributed by atoms with Gasteiger partial charge in [0.2, 0.25) is 6.29 Å². The van der Waals surface area contributed by atoms with E-state index in [1.807, 2.05) is 27.8 Å². The van der Waals surface area contributed by atoms with Crippen LogP contribution in [0, 0.1) is 0 Å². The molecule has 1 aliphatic heterocycles. The number of aldehydes is 1. The Kier molecular flexibility index (Phi) is 6.12. The van der Waals surface area contributed by atoms with Crippen LogP contribution in [0.15, 0.2) is 0 Å². The molecule has 0 aliphatic carbocycles. The number of carbonyl (C=O) groups excluding carboxylic acids is 2. The molecule has 1 fully saturated rings. The molecule has 0 aromatic carbocycles. The highest BCUT2D eigenvalue weighted by Gasteiger charge is 2.23. The maximum atomic E-state index is 11.0. The summed E-state index contributed by atoms with van der Waals surface area (Å²) in [5.74, 6) is -0.394. The fourth-order valence-corrected chi connectivity index (χ4v) is 1.32. The third-order valence-electron chi connectivity index (χ3n) is 2.37. The molecule has 1 heterocycles. The SMILES string of the molecule is CC.CC1CN(C(=O)C=O)CCN1C. The van der Waals surface area contributed by atoms with Crippen molar-refractivity contribution in [2.24, 2.45) is 0 Å². The predicted octanol–water partition coefficient (Wildman–Crippen LogP) is 0.374. The highest BCUT2D eigenvalue weighted by atomic mass is 16.2. The summed E-state index contributed by atoms with van der Waals surface area (Å²) in [6, 6.07) is 0.350. The summed E-state index contributed by atoms with van der Waals surface area (Å²) in [6.07, 6.45) is 0.387. The third-order valence-corrected chi connectivity index (χ3v) is 2.37. The molecule has 0 spiro atoms. The largest absolute Gasteiger partial charge is 0.334 e. The van der Waals surface area contributed by atoms with Gasteiger partial charge in [0.25, 0.3) is 5.91 Å². The maximum Gasteiger partial charge on any atom is 0.286 e. The van der Waals surface area contributed by atoms with Crippen molar-refractivity contribution in [1.82, 2.24) is 9.80 Å². The number of piperazine rings is 1. The Morgan fingerprint density at radius 2 is 1.93 bits per heavy atom. The van der Waals surface area contributed by atoms with Crippen LogP contribution in [0.25, 0.3) is 0 Å². The molecule has 1 aliphatic rings. The van der Waals surface area contributed by atoms with Gasteiger partial charge in [0.15, 0.2) is 0 Å². The summed E-state index contributed by atoms with van der Waals surface area (Å²) in [5, 5.41) is 0. The van der Waals surface area contributed by atoms with Crippen molar-refractivity contribution in [3.63, 3.8) is 0 Å². The average molecular weight is 200 g/mol. The highest BCUT2D eigenvalue weighted by Crippen LogP contribution is 2.05. The van der Waals surface area contributed by atoms with E-state index >= 15 is 0 Å². The molecule has 4 nitrogen and oxygen atoms in total. The quantitative estimate of drug-likeness (QED) is 0.453. The van der Waals surface area contributed by atoms with E-state index in [-0.39, 0.29) is 0 Å². The molecule has 1 unspecified atom stereocenters. The van der Waals surface area contributed by atoms with Crippen molar-refractivity contribution in [3.8, 4) is 0 Å². The van der Waals surface area contributed by atoms with Gasteiger partial charge in [-0.05, 0) is 14.0 Å². The number of nitrogens with zero attached hydrogens (tertiary/aromatic N) is 2. The Labute approximate surface area is 85.9 Å². The van der Waals surface area contributed by atoms with E-state index in [4.69, 9.17) is 0 Å². The summed E-state index contributed by atoms with van der Waals surface area (Å²) in [7, 11) is 2.02. The average Bonchev–Trinajstić information content (AvgIpc) is 2.24. The molecule has 0 bridgehead atoms. The van der Waals surface area contributed by atoms with Gasteiger partial charge in [0, 0.05) is 25.7 Å². The lowest BCUT2D eigenvalue weighted by Gasteiger charge is -2.36. The second kappa shape index (κ2) is 6.54. The molecule has 0 N–H and O–H groups in total. The molecule has 0 aromatic rings. The summed E-state index contributed by atoms with van der Waals surface area (Å²) in [4.78, 5) is 24.9. The Morgan fingerprint density at radius 1 is 1.36 bits per heavy atom. The van der Waals surface area contributed by atoms with Gasteiger partial charge in [-0.1, -0.05) is 13.8 Å². The molecule has 1 atom stereocenters. The van der Waals surface area contributed by atoms with Crippen LogP contribution >= 0.6 is 0 Å². The van der Waals surface area contributed by atoms with Gasteiger partial charge >= 0.3 is 0 Å². The molecule has 14 heavy (non-hydrogen) atoms. The smallest absolute Gasteiger partial charge is 0.286 e. The Hall–Kier alpha value is -0.900. The molecule has 0 radical (unpaired) electrons. The zero-order valence-corrected chi connectivity index (χ0v) is 9.49. The number of hydrogen-bond acceptors (Lipinski definition) is 3. The maximum absolute atomic E-state index is 11.0. The Morgan fingerprint density at radius 3 is 2.36 bits per heavy atom. The normalized spacial score (nSPS) is 22.3. The van der Waals surface area contributed by atoms with Crippen molar-refractivity contribution < 1.29 is 9.59 Å². The zero-order chi connectivity index (χ0) is 11.1. The van der Waals surface area contributed by atoms with Crippen molar-refractivity contribution in [3.05, 3.63) is 0 Å². The second-order valence-corrected chi connectivity index (χ2v) is 3.23. The molecule has 4 heteroatoms. The Bertz CT molecular complexity index is 195. The fourth-order valence-electron chi connectivity index (χ4n) is 1.32. The predicted molar refractivity (Wildman–Crippen MR) is 56.1 cm³/mol. The van der Waals surface area contributed by atoms with Crippen molar-refractivity contribution in [2.75, 3.05) is 26.7 Å². The van der Waals surface area contributed by atoms with Crippen LogP contribution in [0.2, 0.25) is 0 Å². The van der Waals surface area contributed by atoms with Gasteiger partial charge in [0.05, 0.1) is 0 Å². The minimum atomic E-state index is -0.394. The summed E-state index contributed by atoms with van der Waals surface area (Å²) >= 11 is 0. The zero-order valence-electron chi connectivity index (χ0n) is 9.49. The molecule has 1 amide bonds. The number of amides is 1. The van der Waals surface area contributed by atoms with Gasteiger partial charge in [-0.3, -0.25) is 9.59 Å². The minimum absolute atomic E-state index is 0.350. The van der Waals surface area contributed by atoms with Gasteiger partial charge in [-0.15, -0.1) is 0 Å². The lowest BCUT2D eigenvalue weighted by Crippen LogP contribution is -2.52. The van der Waals surface area contributed by atoms with Crippen molar-refractivity contribution >= 4 is 12.2 Å². The van der Waals surface area contributed by atoms with Gasteiger partial charge in [0.1, 0.15) is 0 Å². The number of hydrogen-bond donors (Lipinski definition) is 0. The van der Waals surface area contributed by atoms with Crippen LogP contribution in [-0.4, -0.2) is 54.7 Å². The minimum Gasteiger partial charge on any atom is -0.334 e. The van der Waals surface area contributed by atoms with Crippen molar-refractivity contribution in [2.45, 2.75) is 26.8 Å². The first-order valence-corrected chi connectivity index (χ1v) is 5.09. The van der Waals surface area contributed by atoms with Crippen LogP contribution in [0.4, 0.5) is 0 Å². The first-order chi connectivity index (χ1) is 6.65. The van der Waals surface area contributed by atoms with E-state index in [1.165, 1.54) is 0 Å². The highest BCUT2D eigenvalue weighted by molar-refractivity contribution is 6.23. The summed E-state index contributed by atoms with van der Waals surface area (Å²) in [5.41, 5.74) is 0. The number of rotatable bonds is 1. The monoisotopic (exact) mass is 200 g/mol. The van der Waals surface area contributed by atoms with E-state index < -0.39 is 5.91 Å². The van der Waals surface area contributed by atoms with Crippen LogP contribution in [0.3, 0.4) is 0 Å². The van der Waals surface area contributed by atoms with Gasteiger partial charge in [-0.25, -0.2) is 0 Å². The van der Waals surface area contributed by atoms with E-state index in [0.717, 1.165) is 6.54 Å². The van der Waals surface area contributed by atoms with Crippen molar-refractivity contribution in [1.29, 1.82) is 0 Å². The standard InChI is InChI=1S/C8H14N2O2.C2H6/c1-7-5-10(8(12)6-11)4-3-9(7)2;1-2/h6-7H,3-5H2,1-2H3;1-2H3.